The molecule has 0 saturated heterocycles. The highest BCUT2D eigenvalue weighted by Crippen LogP contribution is 2.67. The molecule has 33 heavy (non-hydrogen) atoms. The zero-order chi connectivity index (χ0) is 24.0. The summed E-state index contributed by atoms with van der Waals surface area (Å²) in [5.74, 6) is -0.257. The van der Waals surface area contributed by atoms with Gasteiger partial charge in [0.15, 0.2) is 12.4 Å². The predicted octanol–water partition coefficient (Wildman–Crippen LogP) is 2.84. The van der Waals surface area contributed by atoms with E-state index >= 15 is 0 Å². The van der Waals surface area contributed by atoms with Gasteiger partial charge in [0, 0.05) is 5.41 Å². The van der Waals surface area contributed by atoms with E-state index in [2.05, 4.69) is 30.4 Å². The molecule has 8 heteroatoms. The first-order valence-corrected chi connectivity index (χ1v) is 12.1. The first-order valence-electron chi connectivity index (χ1n) is 12.1. The van der Waals surface area contributed by atoms with E-state index < -0.39 is 24.0 Å². The van der Waals surface area contributed by atoms with Crippen molar-refractivity contribution in [1.82, 2.24) is 5.32 Å². The van der Waals surface area contributed by atoms with Crippen LogP contribution in [0.25, 0.3) is 0 Å². The average Bonchev–Trinajstić information content (AvgIpc) is 3.04. The van der Waals surface area contributed by atoms with Crippen molar-refractivity contribution < 1.29 is 29.4 Å². The molecule has 0 radical (unpaired) electrons. The molecule has 1 amide bonds. The van der Waals surface area contributed by atoms with Gasteiger partial charge in [-0.15, -0.1) is 0 Å². The standard InChI is InChI=1S/C25H36N2O6/c1-15(28)25(32)11-8-20-18-5-4-16-12-17(27-33-14-21(29)26-13-22(30)31)6-9-23(16,2)19(18)7-10-24(20,25)3/h12,18-20,32H,4-11,13-14H2,1-3H3,(H,26,29)(H,30,31)/t18-,19+,20+,23+,24+,25+/m1/s1. The van der Waals surface area contributed by atoms with Crippen molar-refractivity contribution in [1.29, 1.82) is 0 Å². The van der Waals surface area contributed by atoms with Crippen molar-refractivity contribution in [3.63, 3.8) is 0 Å². The number of carbonyl (C=O) groups is 3. The van der Waals surface area contributed by atoms with Crippen molar-refractivity contribution in [3.8, 4) is 0 Å². The first kappa shape index (κ1) is 23.9. The SMILES string of the molecule is CC(=O)[C@@]1(O)CC[C@H]2[C@@H]3CCC4=CC(=NOCC(=O)NCC(=O)O)CC[C@]4(C)[C@H]3CC[C@@]21C. The van der Waals surface area contributed by atoms with Gasteiger partial charge in [0.25, 0.3) is 5.91 Å². The second-order valence-electron chi connectivity index (χ2n) is 10.9. The molecule has 4 aliphatic rings. The molecular weight excluding hydrogens is 424 g/mol. The molecule has 3 fully saturated rings. The average molecular weight is 461 g/mol. The molecule has 8 nitrogen and oxygen atoms in total. The van der Waals surface area contributed by atoms with Crippen LogP contribution < -0.4 is 5.32 Å². The number of allylic oxidation sites excluding steroid dienone is 2. The Morgan fingerprint density at radius 2 is 1.85 bits per heavy atom. The van der Waals surface area contributed by atoms with Gasteiger partial charge in [-0.05, 0) is 87.5 Å². The van der Waals surface area contributed by atoms with Gasteiger partial charge >= 0.3 is 5.97 Å². The minimum absolute atomic E-state index is 0.0799. The maximum Gasteiger partial charge on any atom is 0.322 e. The quantitative estimate of drug-likeness (QED) is 0.524. The zero-order valence-corrected chi connectivity index (χ0v) is 19.9. The highest BCUT2D eigenvalue weighted by Gasteiger charge is 2.65. The van der Waals surface area contributed by atoms with Crippen molar-refractivity contribution >= 4 is 23.4 Å². The lowest BCUT2D eigenvalue weighted by Gasteiger charge is -2.59. The van der Waals surface area contributed by atoms with Crippen molar-refractivity contribution in [2.24, 2.45) is 33.7 Å². The Hall–Kier alpha value is -2.22. The largest absolute Gasteiger partial charge is 0.480 e. The summed E-state index contributed by atoms with van der Waals surface area (Å²) in [5.41, 5.74) is 0.781. The first-order chi connectivity index (χ1) is 15.5. The summed E-state index contributed by atoms with van der Waals surface area (Å²) < 4.78 is 0. The smallest absolute Gasteiger partial charge is 0.322 e. The van der Waals surface area contributed by atoms with Gasteiger partial charge in [0.05, 0.1) is 5.71 Å². The molecule has 0 aromatic heterocycles. The Labute approximate surface area is 194 Å². The predicted molar refractivity (Wildman–Crippen MR) is 121 cm³/mol. The lowest BCUT2D eigenvalue weighted by atomic mass is 9.46. The van der Waals surface area contributed by atoms with Crippen LogP contribution in [0.4, 0.5) is 0 Å². The van der Waals surface area contributed by atoms with Gasteiger partial charge in [0.2, 0.25) is 0 Å². The molecular formula is C25H36N2O6. The summed E-state index contributed by atoms with van der Waals surface area (Å²) in [6, 6.07) is 0. The molecule has 3 saturated carbocycles. The number of ketones is 1. The van der Waals surface area contributed by atoms with Crippen molar-refractivity contribution in [2.45, 2.75) is 77.7 Å². The van der Waals surface area contributed by atoms with Gasteiger partial charge in [-0.2, -0.15) is 0 Å². The van der Waals surface area contributed by atoms with Gasteiger partial charge < -0.3 is 20.4 Å². The molecule has 182 valence electrons. The summed E-state index contributed by atoms with van der Waals surface area (Å²) in [4.78, 5) is 39.7. The second-order valence-corrected chi connectivity index (χ2v) is 10.9. The molecule has 0 aromatic carbocycles. The van der Waals surface area contributed by atoms with Crippen LogP contribution in [0.15, 0.2) is 16.8 Å². The third-order valence-electron chi connectivity index (χ3n) is 9.53. The van der Waals surface area contributed by atoms with Gasteiger partial charge in [-0.3, -0.25) is 14.4 Å². The summed E-state index contributed by atoms with van der Waals surface area (Å²) in [6.07, 6.45) is 9.30. The number of oxime groups is 1. The van der Waals surface area contributed by atoms with Crippen LogP contribution in [0.1, 0.15) is 72.1 Å². The summed E-state index contributed by atoms with van der Waals surface area (Å²) >= 11 is 0. The number of carboxylic acids is 1. The number of fused-ring (bicyclic) bond motifs is 5. The summed E-state index contributed by atoms with van der Waals surface area (Å²) in [6.45, 7) is 5.31. The van der Waals surface area contributed by atoms with Crippen LogP contribution in [-0.2, 0) is 19.2 Å². The molecule has 0 bridgehead atoms. The maximum absolute atomic E-state index is 12.4. The second kappa shape index (κ2) is 8.53. The zero-order valence-electron chi connectivity index (χ0n) is 19.9. The Bertz CT molecular complexity index is 913. The van der Waals surface area contributed by atoms with Gasteiger partial charge in [-0.1, -0.05) is 24.6 Å². The van der Waals surface area contributed by atoms with Crippen LogP contribution in [0, 0.1) is 28.6 Å². The topological polar surface area (TPSA) is 125 Å². The van der Waals surface area contributed by atoms with E-state index in [0.29, 0.717) is 24.2 Å². The number of carboxylic acid groups (broad SMARTS) is 1. The fraction of sp³-hybridized carbons (Fsp3) is 0.760. The number of nitrogens with zero attached hydrogens (tertiary/aromatic N) is 1. The molecule has 4 aliphatic carbocycles. The third-order valence-corrected chi connectivity index (χ3v) is 9.53. The minimum atomic E-state index is -1.18. The molecule has 0 aromatic rings. The number of aliphatic hydroxyl groups is 1. The highest BCUT2D eigenvalue weighted by atomic mass is 16.6. The summed E-state index contributed by atoms with van der Waals surface area (Å²) in [5, 5.41) is 26.3. The van der Waals surface area contributed by atoms with E-state index in [0.717, 1.165) is 50.7 Å². The van der Waals surface area contributed by atoms with Gasteiger partial charge in [0.1, 0.15) is 12.1 Å². The summed E-state index contributed by atoms with van der Waals surface area (Å²) in [7, 11) is 0. The van der Waals surface area contributed by atoms with E-state index in [1.54, 1.807) is 6.92 Å². The lowest BCUT2D eigenvalue weighted by Crippen LogP contribution is -2.57. The number of nitrogens with one attached hydrogen (secondary N) is 1. The number of amides is 1. The number of aliphatic carboxylic acids is 1. The molecule has 0 spiro atoms. The molecule has 0 aliphatic heterocycles. The van der Waals surface area contributed by atoms with Crippen molar-refractivity contribution in [2.75, 3.05) is 13.2 Å². The molecule has 6 atom stereocenters. The van der Waals surface area contributed by atoms with E-state index in [1.165, 1.54) is 5.57 Å². The Morgan fingerprint density at radius 3 is 2.55 bits per heavy atom. The number of hydrogen-bond donors (Lipinski definition) is 3. The van der Waals surface area contributed by atoms with Gasteiger partial charge in [-0.25, -0.2) is 0 Å². The fourth-order valence-electron chi connectivity index (χ4n) is 7.64. The van der Waals surface area contributed by atoms with Crippen molar-refractivity contribution in [3.05, 3.63) is 11.6 Å². The molecule has 0 unspecified atom stereocenters. The number of hydrogen-bond acceptors (Lipinski definition) is 6. The highest BCUT2D eigenvalue weighted by molar-refractivity contribution is 5.96. The number of Topliss-reactive ketones (excluding diaryl/α,β-unsaturated/α-hetero) is 1. The monoisotopic (exact) mass is 460 g/mol. The molecule has 3 N–H and O–H groups in total. The Balaban J connectivity index is 1.45. The molecule has 0 heterocycles. The number of rotatable bonds is 6. The van der Waals surface area contributed by atoms with E-state index in [1.807, 2.05) is 0 Å². The van der Waals surface area contributed by atoms with Crippen LogP contribution in [0.3, 0.4) is 0 Å². The fourth-order valence-corrected chi connectivity index (χ4v) is 7.64. The van der Waals surface area contributed by atoms with Crippen LogP contribution >= 0.6 is 0 Å². The Kier molecular flexibility index (Phi) is 6.18. The number of carbonyl (C=O) groups excluding carboxylic acids is 2. The van der Waals surface area contributed by atoms with E-state index in [-0.39, 0.29) is 23.2 Å². The third kappa shape index (κ3) is 3.90. The van der Waals surface area contributed by atoms with Crippen LogP contribution in [-0.4, -0.2) is 52.3 Å². The van der Waals surface area contributed by atoms with Crippen LogP contribution in [0.2, 0.25) is 0 Å². The Morgan fingerprint density at radius 1 is 1.12 bits per heavy atom. The maximum atomic E-state index is 12.4. The molecule has 4 rings (SSSR count). The van der Waals surface area contributed by atoms with Crippen LogP contribution in [0.5, 0.6) is 0 Å². The minimum Gasteiger partial charge on any atom is -0.480 e. The van der Waals surface area contributed by atoms with E-state index in [4.69, 9.17) is 9.94 Å². The normalized spacial score (nSPS) is 40.8. The lowest BCUT2D eigenvalue weighted by molar-refractivity contribution is -0.159. The van der Waals surface area contributed by atoms with E-state index in [9.17, 15) is 19.5 Å².